The Labute approximate surface area is 240 Å². The summed E-state index contributed by atoms with van der Waals surface area (Å²) in [5.74, 6) is -0.924. The van der Waals surface area contributed by atoms with E-state index in [9.17, 15) is 19.8 Å². The molecule has 0 heterocycles. The summed E-state index contributed by atoms with van der Waals surface area (Å²) in [6.45, 7) is 10.3. The van der Waals surface area contributed by atoms with Crippen molar-refractivity contribution in [3.8, 4) is 16.9 Å². The molecule has 0 aliphatic carbocycles. The number of carboxylic acid groups (broad SMARTS) is 1. The number of hydrogen-bond acceptors (Lipinski definition) is 5. The number of benzene rings is 4. The van der Waals surface area contributed by atoms with Gasteiger partial charge >= 0.3 is 5.97 Å². The Hall–Kier alpha value is -4.91. The van der Waals surface area contributed by atoms with E-state index in [2.05, 4.69) is 19.3 Å². The van der Waals surface area contributed by atoms with E-state index in [1.165, 1.54) is 12.1 Å². The third-order valence-electron chi connectivity index (χ3n) is 7.22. The fraction of sp³-hybridized carbons (Fsp3) is 0.206. The predicted molar refractivity (Wildman–Crippen MR) is 166 cm³/mol. The van der Waals surface area contributed by atoms with E-state index in [-0.39, 0.29) is 17.2 Å². The minimum Gasteiger partial charge on any atom is -0.505 e. The molecular formula is C34H35N3O4. The van der Waals surface area contributed by atoms with Gasteiger partial charge in [-0.05, 0) is 84.8 Å². The van der Waals surface area contributed by atoms with Crippen molar-refractivity contribution in [2.45, 2.75) is 47.0 Å². The maximum atomic E-state index is 12.5. The van der Waals surface area contributed by atoms with Crippen LogP contribution in [0.3, 0.4) is 0 Å². The number of carboxylic acids is 1. The zero-order chi connectivity index (χ0) is 29.7. The van der Waals surface area contributed by atoms with Crippen molar-refractivity contribution in [3.63, 3.8) is 0 Å². The second-order valence-corrected chi connectivity index (χ2v) is 10.3. The molecule has 7 nitrogen and oxygen atoms in total. The molecule has 4 rings (SSSR count). The summed E-state index contributed by atoms with van der Waals surface area (Å²) in [6.07, 6.45) is 1.39. The first-order chi connectivity index (χ1) is 19.7. The van der Waals surface area contributed by atoms with Gasteiger partial charge in [-0.1, -0.05) is 63.2 Å². The fourth-order valence-electron chi connectivity index (χ4n) is 4.81. The highest BCUT2D eigenvalue weighted by atomic mass is 16.4. The number of aromatic carboxylic acids is 1. The number of carbonyl (C=O) groups excluding carboxylic acids is 1. The minimum atomic E-state index is -1.04. The van der Waals surface area contributed by atoms with Gasteiger partial charge in [-0.25, -0.2) is 4.79 Å². The number of aromatic hydroxyl groups is 1. The smallest absolute Gasteiger partial charge is 0.335 e. The van der Waals surface area contributed by atoms with Crippen LogP contribution in [-0.4, -0.2) is 28.3 Å². The van der Waals surface area contributed by atoms with Crippen LogP contribution in [0.15, 0.2) is 84.0 Å². The third kappa shape index (κ3) is 6.14. The Morgan fingerprint density at radius 2 is 1.71 bits per heavy atom. The molecule has 210 valence electrons. The first-order valence-corrected chi connectivity index (χ1v) is 13.6. The molecule has 4 aromatic rings. The van der Waals surface area contributed by atoms with Gasteiger partial charge in [-0.3, -0.25) is 15.1 Å². The van der Waals surface area contributed by atoms with Crippen molar-refractivity contribution in [1.82, 2.24) is 0 Å². The minimum absolute atomic E-state index is 0.0451. The quantitative estimate of drug-likeness (QED) is 0.0804. The normalized spacial score (nSPS) is 11.4. The maximum Gasteiger partial charge on any atom is 0.335 e. The van der Waals surface area contributed by atoms with Crippen LogP contribution in [0.2, 0.25) is 0 Å². The van der Waals surface area contributed by atoms with Crippen LogP contribution in [0.25, 0.3) is 11.1 Å². The molecule has 0 aromatic heterocycles. The third-order valence-corrected chi connectivity index (χ3v) is 7.22. The lowest BCUT2D eigenvalue weighted by atomic mass is 9.91. The van der Waals surface area contributed by atoms with Crippen LogP contribution in [0.1, 0.15) is 65.7 Å². The van der Waals surface area contributed by atoms with Gasteiger partial charge in [0.1, 0.15) is 5.75 Å². The van der Waals surface area contributed by atoms with Gasteiger partial charge < -0.3 is 10.2 Å². The highest BCUT2D eigenvalue weighted by Crippen LogP contribution is 2.37. The Morgan fingerprint density at radius 3 is 2.37 bits per heavy atom. The SMILES string of the molecule is CC/C(=N\Nc1cccc(-c2cccc(C(=O)O)c2)c1O)c1c(C(C)C)cccc1N(C=O)c1ccc(C)c(C)c1. The molecule has 3 N–H and O–H groups in total. The van der Waals surface area contributed by atoms with Crippen LogP contribution in [0.4, 0.5) is 17.1 Å². The number of phenolic OH excluding ortho intramolecular Hbond substituents is 1. The van der Waals surface area contributed by atoms with Crippen LogP contribution in [0, 0.1) is 13.8 Å². The Morgan fingerprint density at radius 1 is 0.976 bits per heavy atom. The Balaban J connectivity index is 1.79. The van der Waals surface area contributed by atoms with E-state index in [0.29, 0.717) is 23.2 Å². The van der Waals surface area contributed by atoms with E-state index in [0.717, 1.165) is 45.8 Å². The van der Waals surface area contributed by atoms with Gasteiger partial charge in [0.05, 0.1) is 22.6 Å². The van der Waals surface area contributed by atoms with Crippen molar-refractivity contribution in [1.29, 1.82) is 0 Å². The number of nitrogens with zero attached hydrogens (tertiary/aromatic N) is 2. The summed E-state index contributed by atoms with van der Waals surface area (Å²) in [4.78, 5) is 25.6. The highest BCUT2D eigenvalue weighted by molar-refractivity contribution is 6.09. The van der Waals surface area contributed by atoms with Gasteiger partial charge in [-0.15, -0.1) is 0 Å². The maximum absolute atomic E-state index is 12.5. The number of anilines is 3. The standard InChI is InChI=1S/C34H35N3O4/c1-6-29(35-36-30-14-8-13-28(33(30)39)24-10-7-11-25(19-24)34(40)41)32-27(21(2)3)12-9-15-31(32)37(20-38)26-17-16-22(4)23(5)18-26/h7-21,36,39H,6H2,1-5H3,(H,40,41)/b35-29+. The molecule has 0 fully saturated rings. The van der Waals surface area contributed by atoms with Gasteiger partial charge in [0.25, 0.3) is 0 Å². The van der Waals surface area contributed by atoms with Crippen LogP contribution < -0.4 is 10.3 Å². The molecule has 0 unspecified atom stereocenters. The lowest BCUT2D eigenvalue weighted by Gasteiger charge is -2.25. The molecule has 0 saturated carbocycles. The molecule has 7 heteroatoms. The molecule has 0 radical (unpaired) electrons. The molecule has 0 aliphatic heterocycles. The summed E-state index contributed by atoms with van der Waals surface area (Å²) in [6, 6.07) is 23.5. The number of phenols is 1. The van der Waals surface area contributed by atoms with Crippen molar-refractivity contribution in [3.05, 3.63) is 107 Å². The summed E-state index contributed by atoms with van der Waals surface area (Å²) in [5, 5.41) is 25.2. The molecule has 0 atom stereocenters. The molecule has 41 heavy (non-hydrogen) atoms. The summed E-state index contributed by atoms with van der Waals surface area (Å²) >= 11 is 0. The number of amides is 1. The summed E-state index contributed by atoms with van der Waals surface area (Å²) < 4.78 is 0. The zero-order valence-corrected chi connectivity index (χ0v) is 24.0. The molecule has 0 saturated heterocycles. The van der Waals surface area contributed by atoms with Gasteiger partial charge in [0, 0.05) is 16.8 Å². The number of para-hydroxylation sites is 1. The second-order valence-electron chi connectivity index (χ2n) is 10.3. The first-order valence-electron chi connectivity index (χ1n) is 13.6. The molecule has 4 aromatic carbocycles. The summed E-state index contributed by atoms with van der Waals surface area (Å²) in [5.41, 5.74) is 10.9. The number of hydrazone groups is 1. The van der Waals surface area contributed by atoms with E-state index >= 15 is 0 Å². The number of nitrogens with one attached hydrogen (secondary N) is 1. The number of aryl methyl sites for hydroxylation is 2. The van der Waals surface area contributed by atoms with Gasteiger partial charge in [0.15, 0.2) is 0 Å². The van der Waals surface area contributed by atoms with E-state index < -0.39 is 5.97 Å². The molecule has 1 amide bonds. The van der Waals surface area contributed by atoms with Crippen LogP contribution in [-0.2, 0) is 4.79 Å². The molecular weight excluding hydrogens is 514 g/mol. The lowest BCUT2D eigenvalue weighted by molar-refractivity contribution is -0.106. The second kappa shape index (κ2) is 12.5. The van der Waals surface area contributed by atoms with Crippen molar-refractivity contribution < 1.29 is 19.8 Å². The average Bonchev–Trinajstić information content (AvgIpc) is 2.96. The van der Waals surface area contributed by atoms with Gasteiger partial charge in [-0.2, -0.15) is 5.10 Å². The van der Waals surface area contributed by atoms with Crippen molar-refractivity contribution in [2.24, 2.45) is 5.10 Å². The van der Waals surface area contributed by atoms with Crippen molar-refractivity contribution >= 4 is 35.2 Å². The molecule has 0 bridgehead atoms. The predicted octanol–water partition coefficient (Wildman–Crippen LogP) is 8.02. The number of carbonyl (C=O) groups is 2. The Kier molecular flexibility index (Phi) is 8.87. The highest BCUT2D eigenvalue weighted by Gasteiger charge is 2.21. The largest absolute Gasteiger partial charge is 0.505 e. The number of rotatable bonds is 10. The van der Waals surface area contributed by atoms with E-state index in [1.54, 1.807) is 35.2 Å². The van der Waals surface area contributed by atoms with E-state index in [1.807, 2.05) is 57.2 Å². The summed E-state index contributed by atoms with van der Waals surface area (Å²) in [7, 11) is 0. The topological polar surface area (TPSA) is 102 Å². The molecule has 0 aliphatic rings. The Bertz CT molecular complexity index is 1620. The fourth-order valence-corrected chi connectivity index (χ4v) is 4.81. The lowest BCUT2D eigenvalue weighted by Crippen LogP contribution is -2.20. The van der Waals surface area contributed by atoms with Crippen LogP contribution in [0.5, 0.6) is 5.75 Å². The number of hydrogen-bond donors (Lipinski definition) is 3. The van der Waals surface area contributed by atoms with Crippen molar-refractivity contribution in [2.75, 3.05) is 10.3 Å². The monoisotopic (exact) mass is 549 g/mol. The molecule has 0 spiro atoms. The van der Waals surface area contributed by atoms with E-state index in [4.69, 9.17) is 5.10 Å². The van der Waals surface area contributed by atoms with Crippen LogP contribution >= 0.6 is 0 Å². The first kappa shape index (κ1) is 29.1. The zero-order valence-electron chi connectivity index (χ0n) is 24.0. The average molecular weight is 550 g/mol. The van der Waals surface area contributed by atoms with Gasteiger partial charge in [0.2, 0.25) is 6.41 Å².